The average Bonchev–Trinajstić information content (AvgIpc) is 3.24. The number of nitrogens with zero attached hydrogens (tertiary/aromatic N) is 2. The van der Waals surface area contributed by atoms with Crippen LogP contribution in [-0.4, -0.2) is 35.7 Å². The van der Waals surface area contributed by atoms with Gasteiger partial charge in [0.05, 0.1) is 12.2 Å². The molecule has 1 fully saturated rings. The Bertz CT molecular complexity index is 996. The van der Waals surface area contributed by atoms with Crippen molar-refractivity contribution in [3.8, 4) is 0 Å². The third-order valence-corrected chi connectivity index (χ3v) is 6.88. The van der Waals surface area contributed by atoms with Gasteiger partial charge in [-0.2, -0.15) is 0 Å². The van der Waals surface area contributed by atoms with Gasteiger partial charge in [0, 0.05) is 29.4 Å². The second-order valence-corrected chi connectivity index (χ2v) is 8.88. The molecule has 2 aliphatic rings. The quantitative estimate of drug-likeness (QED) is 0.740. The molecule has 1 N–H and O–H groups in total. The van der Waals surface area contributed by atoms with E-state index in [0.717, 1.165) is 22.4 Å². The van der Waals surface area contributed by atoms with E-state index in [9.17, 15) is 9.59 Å². The molecule has 0 bridgehead atoms. The van der Waals surface area contributed by atoms with Crippen LogP contribution in [-0.2, 0) is 16.2 Å². The summed E-state index contributed by atoms with van der Waals surface area (Å²) in [7, 11) is 0. The molecular formula is C22H22ClN3O2S. The molecule has 0 saturated carbocycles. The fraction of sp³-hybridized carbons (Fsp3) is 0.273. The largest absolute Gasteiger partial charge is 0.334 e. The first-order valence-electron chi connectivity index (χ1n) is 9.45. The maximum atomic E-state index is 13.8. The van der Waals surface area contributed by atoms with Gasteiger partial charge < -0.3 is 10.2 Å². The topological polar surface area (TPSA) is 52.7 Å². The Labute approximate surface area is 179 Å². The highest BCUT2D eigenvalue weighted by Crippen LogP contribution is 2.54. The van der Waals surface area contributed by atoms with E-state index in [2.05, 4.69) is 18.0 Å². The lowest BCUT2D eigenvalue weighted by Gasteiger charge is -2.33. The molecule has 150 valence electrons. The van der Waals surface area contributed by atoms with Gasteiger partial charge in [-0.3, -0.25) is 9.69 Å². The molecule has 2 aromatic rings. The summed E-state index contributed by atoms with van der Waals surface area (Å²) in [5.41, 5.74) is 3.76. The van der Waals surface area contributed by atoms with E-state index in [0.29, 0.717) is 30.4 Å². The molecule has 5 nitrogen and oxygen atoms in total. The van der Waals surface area contributed by atoms with Gasteiger partial charge in [-0.1, -0.05) is 47.5 Å². The van der Waals surface area contributed by atoms with E-state index in [-0.39, 0.29) is 11.9 Å². The Kier molecular flexibility index (Phi) is 5.32. The van der Waals surface area contributed by atoms with Gasteiger partial charge in [0.2, 0.25) is 0 Å². The van der Waals surface area contributed by atoms with Crippen molar-refractivity contribution in [2.24, 2.45) is 0 Å². The number of carbonyl (C=O) groups is 2. The highest BCUT2D eigenvalue weighted by Gasteiger charge is 2.59. The van der Waals surface area contributed by atoms with Crippen LogP contribution in [0.3, 0.4) is 0 Å². The van der Waals surface area contributed by atoms with Crippen LogP contribution < -0.4 is 10.2 Å². The summed E-state index contributed by atoms with van der Waals surface area (Å²) in [6, 6.07) is 13.3. The van der Waals surface area contributed by atoms with Crippen molar-refractivity contribution in [1.82, 2.24) is 10.2 Å². The maximum absolute atomic E-state index is 13.8. The van der Waals surface area contributed by atoms with Crippen molar-refractivity contribution in [3.05, 3.63) is 76.8 Å². The lowest BCUT2D eigenvalue weighted by Crippen LogP contribution is -2.53. The Morgan fingerprint density at radius 2 is 2.17 bits per heavy atom. The van der Waals surface area contributed by atoms with Crippen molar-refractivity contribution >= 4 is 41.0 Å². The molecule has 2 heterocycles. The van der Waals surface area contributed by atoms with E-state index in [4.69, 9.17) is 11.6 Å². The smallest absolute Gasteiger partial charge is 0.319 e. The highest BCUT2D eigenvalue weighted by molar-refractivity contribution is 8.01. The minimum Gasteiger partial charge on any atom is -0.334 e. The molecule has 29 heavy (non-hydrogen) atoms. The average molecular weight is 428 g/mol. The molecule has 7 heteroatoms. The predicted octanol–water partition coefficient (Wildman–Crippen LogP) is 4.29. The number of thioether (sulfide) groups is 1. The Balaban J connectivity index is 1.77. The normalized spacial score (nSPS) is 20.3. The first kappa shape index (κ1) is 19.9. The fourth-order valence-electron chi connectivity index (χ4n) is 3.99. The summed E-state index contributed by atoms with van der Waals surface area (Å²) < 4.78 is 0. The molecule has 4 rings (SSSR count). The predicted molar refractivity (Wildman–Crippen MR) is 118 cm³/mol. The molecule has 1 saturated heterocycles. The number of rotatable bonds is 4. The van der Waals surface area contributed by atoms with E-state index < -0.39 is 4.87 Å². The number of aryl methyl sites for hydroxylation is 1. The van der Waals surface area contributed by atoms with Crippen LogP contribution in [0.2, 0.25) is 5.02 Å². The van der Waals surface area contributed by atoms with Gasteiger partial charge in [0.25, 0.3) is 5.91 Å². The van der Waals surface area contributed by atoms with Crippen molar-refractivity contribution in [3.63, 3.8) is 0 Å². The Morgan fingerprint density at radius 1 is 1.34 bits per heavy atom. The number of nitrogens with one attached hydrogen (secondary N) is 1. The van der Waals surface area contributed by atoms with E-state index >= 15 is 0 Å². The first-order valence-corrected chi connectivity index (χ1v) is 10.8. The monoisotopic (exact) mass is 427 g/mol. The number of anilines is 1. The van der Waals surface area contributed by atoms with Gasteiger partial charge in [-0.15, -0.1) is 18.3 Å². The third-order valence-electron chi connectivity index (χ3n) is 5.22. The van der Waals surface area contributed by atoms with Crippen LogP contribution in [0.4, 0.5) is 10.5 Å². The van der Waals surface area contributed by atoms with Crippen LogP contribution in [0.25, 0.3) is 0 Å². The molecule has 1 atom stereocenters. The van der Waals surface area contributed by atoms with Gasteiger partial charge in [0.1, 0.15) is 0 Å². The van der Waals surface area contributed by atoms with Gasteiger partial charge in [-0.25, -0.2) is 4.79 Å². The molecular weight excluding hydrogens is 406 g/mol. The summed E-state index contributed by atoms with van der Waals surface area (Å²) in [5, 5.41) is 3.36. The fourth-order valence-corrected chi connectivity index (χ4v) is 5.62. The van der Waals surface area contributed by atoms with Gasteiger partial charge >= 0.3 is 6.03 Å². The molecule has 3 amide bonds. The molecule has 1 unspecified atom stereocenters. The number of fused-ring (bicyclic) bond motifs is 2. The van der Waals surface area contributed by atoms with Crippen LogP contribution in [0, 0.1) is 6.92 Å². The number of urea groups is 1. The SMILES string of the molecule is C=CCNC(=O)N1CCSC12C(=O)N(Cc1cccc(C)c1)c1ccc(Cl)cc12. The van der Waals surface area contributed by atoms with Crippen molar-refractivity contribution in [2.75, 3.05) is 23.7 Å². The van der Waals surface area contributed by atoms with Gasteiger partial charge in [0.15, 0.2) is 4.87 Å². The minimum absolute atomic E-state index is 0.104. The van der Waals surface area contributed by atoms with Gasteiger partial charge in [-0.05, 0) is 30.7 Å². The third kappa shape index (κ3) is 3.30. The highest BCUT2D eigenvalue weighted by atomic mass is 35.5. The van der Waals surface area contributed by atoms with Crippen molar-refractivity contribution in [2.45, 2.75) is 18.3 Å². The van der Waals surface area contributed by atoms with E-state index in [1.165, 1.54) is 11.8 Å². The van der Waals surface area contributed by atoms with Crippen LogP contribution in [0.15, 0.2) is 55.1 Å². The number of carbonyl (C=O) groups excluding carboxylic acids is 2. The summed E-state index contributed by atoms with van der Waals surface area (Å²) in [6.07, 6.45) is 1.62. The first-order chi connectivity index (χ1) is 14.0. The molecule has 0 radical (unpaired) electrons. The molecule has 1 spiro atoms. The number of halogens is 1. The second kappa shape index (κ2) is 7.76. The lowest BCUT2D eigenvalue weighted by atomic mass is 10.1. The zero-order valence-corrected chi connectivity index (χ0v) is 17.7. The summed E-state index contributed by atoms with van der Waals surface area (Å²) >= 11 is 7.79. The number of benzene rings is 2. The number of hydrogen-bond acceptors (Lipinski definition) is 3. The van der Waals surface area contributed by atoms with Crippen LogP contribution in [0.5, 0.6) is 0 Å². The number of hydrogen-bond donors (Lipinski definition) is 1. The Hall–Kier alpha value is -2.44. The molecule has 0 aromatic heterocycles. The molecule has 2 aromatic carbocycles. The van der Waals surface area contributed by atoms with E-state index in [1.54, 1.807) is 21.9 Å². The standard InChI is InChI=1S/C22H22ClN3O2S/c1-3-9-24-21(28)26-10-11-29-22(26)18-13-17(23)7-8-19(18)25(20(22)27)14-16-6-4-5-15(2)12-16/h3-8,12-13H,1,9-11,14H2,2H3,(H,24,28). The van der Waals surface area contributed by atoms with Crippen LogP contribution in [0.1, 0.15) is 16.7 Å². The maximum Gasteiger partial charge on any atom is 0.319 e. The Morgan fingerprint density at radius 3 is 2.93 bits per heavy atom. The second-order valence-electron chi connectivity index (χ2n) is 7.16. The van der Waals surface area contributed by atoms with E-state index in [1.807, 2.05) is 37.3 Å². The van der Waals surface area contributed by atoms with Crippen LogP contribution >= 0.6 is 23.4 Å². The molecule has 0 aliphatic carbocycles. The summed E-state index contributed by atoms with van der Waals surface area (Å²) in [4.78, 5) is 29.0. The zero-order valence-electron chi connectivity index (χ0n) is 16.2. The number of amides is 3. The lowest BCUT2D eigenvalue weighted by molar-refractivity contribution is -0.123. The van der Waals surface area contributed by atoms with Crippen molar-refractivity contribution in [1.29, 1.82) is 0 Å². The molecule has 2 aliphatic heterocycles. The minimum atomic E-state index is -1.09. The zero-order chi connectivity index (χ0) is 20.6. The summed E-state index contributed by atoms with van der Waals surface area (Å²) in [6.45, 7) is 6.96. The van der Waals surface area contributed by atoms with Crippen molar-refractivity contribution < 1.29 is 9.59 Å². The summed E-state index contributed by atoms with van der Waals surface area (Å²) in [5.74, 6) is 0.574.